The van der Waals surface area contributed by atoms with Crippen LogP contribution in [0.5, 0.6) is 0 Å². The molecular weight excluding hydrogens is 326 g/mol. The maximum absolute atomic E-state index is 11.9. The first-order chi connectivity index (χ1) is 9.19. The highest BCUT2D eigenvalue weighted by atomic mass is 79.9. The van der Waals surface area contributed by atoms with Gasteiger partial charge in [-0.05, 0) is 23.8 Å². The van der Waals surface area contributed by atoms with Gasteiger partial charge in [0.15, 0.2) is 0 Å². The summed E-state index contributed by atoms with van der Waals surface area (Å²) in [6, 6.07) is 5.79. The van der Waals surface area contributed by atoms with Gasteiger partial charge in [-0.1, -0.05) is 22.0 Å². The third kappa shape index (κ3) is 2.34. The number of nitrogens with zero attached hydrogens (tertiary/aromatic N) is 3. The number of amides is 1. The summed E-state index contributed by atoms with van der Waals surface area (Å²) in [4.78, 5) is 22.4. The third-order valence-corrected chi connectivity index (χ3v) is 4.47. The van der Waals surface area contributed by atoms with Crippen molar-refractivity contribution in [3.63, 3.8) is 0 Å². The number of thiol groups is 1. The molecule has 1 saturated heterocycles. The van der Waals surface area contributed by atoms with E-state index >= 15 is 0 Å². The Morgan fingerprint density at radius 2 is 2.32 bits per heavy atom. The highest BCUT2D eigenvalue weighted by Gasteiger charge is 2.31. The lowest BCUT2D eigenvalue weighted by atomic mass is 10.1. The summed E-state index contributed by atoms with van der Waals surface area (Å²) in [5, 5.41) is 0.948. The van der Waals surface area contributed by atoms with Gasteiger partial charge in [0.05, 0.1) is 5.52 Å². The molecule has 2 heterocycles. The minimum Gasteiger partial charge on any atom is -0.280 e. The molecule has 0 bridgehead atoms. The maximum atomic E-state index is 11.9. The van der Waals surface area contributed by atoms with Crippen molar-refractivity contribution in [3.05, 3.63) is 28.9 Å². The average Bonchev–Trinajstić information content (AvgIpc) is 2.80. The SMILES string of the molecule is O=C1CC(CS)CN1c1ncc2c(Br)cccc2n1. The summed E-state index contributed by atoms with van der Waals surface area (Å²) in [7, 11) is 0. The predicted molar refractivity (Wildman–Crippen MR) is 81.6 cm³/mol. The van der Waals surface area contributed by atoms with Gasteiger partial charge >= 0.3 is 0 Å². The number of hydrogen-bond acceptors (Lipinski definition) is 4. The Morgan fingerprint density at radius 1 is 1.47 bits per heavy atom. The number of halogens is 1. The first kappa shape index (κ1) is 12.9. The lowest BCUT2D eigenvalue weighted by Crippen LogP contribution is -2.26. The van der Waals surface area contributed by atoms with Gasteiger partial charge in [-0.25, -0.2) is 9.97 Å². The van der Waals surface area contributed by atoms with Crippen LogP contribution in [0.3, 0.4) is 0 Å². The van der Waals surface area contributed by atoms with Crippen LogP contribution < -0.4 is 4.90 Å². The number of carbonyl (C=O) groups is 1. The molecule has 0 N–H and O–H groups in total. The molecule has 0 radical (unpaired) electrons. The summed E-state index contributed by atoms with van der Waals surface area (Å²) in [5.74, 6) is 1.56. The van der Waals surface area contributed by atoms with Crippen molar-refractivity contribution in [3.8, 4) is 0 Å². The molecule has 98 valence electrons. The Labute approximate surface area is 124 Å². The van der Waals surface area contributed by atoms with Crippen LogP contribution >= 0.6 is 28.6 Å². The van der Waals surface area contributed by atoms with E-state index in [0.29, 0.717) is 24.7 Å². The molecule has 0 spiro atoms. The van der Waals surface area contributed by atoms with E-state index in [1.165, 1.54) is 0 Å². The van der Waals surface area contributed by atoms with Gasteiger partial charge in [-0.2, -0.15) is 12.6 Å². The second-order valence-corrected chi connectivity index (χ2v) is 5.82. The number of fused-ring (bicyclic) bond motifs is 1. The van der Waals surface area contributed by atoms with Crippen LogP contribution in [0.25, 0.3) is 10.9 Å². The van der Waals surface area contributed by atoms with E-state index in [1.807, 2.05) is 18.2 Å². The van der Waals surface area contributed by atoms with Crippen LogP contribution in [0.2, 0.25) is 0 Å². The van der Waals surface area contributed by atoms with E-state index in [1.54, 1.807) is 11.1 Å². The van der Waals surface area contributed by atoms with Crippen molar-refractivity contribution >= 4 is 51.3 Å². The lowest BCUT2D eigenvalue weighted by molar-refractivity contribution is -0.117. The summed E-state index contributed by atoms with van der Waals surface area (Å²) in [6.45, 7) is 0.655. The van der Waals surface area contributed by atoms with Crippen molar-refractivity contribution < 1.29 is 4.79 Å². The zero-order valence-corrected chi connectivity index (χ0v) is 12.6. The van der Waals surface area contributed by atoms with E-state index in [2.05, 4.69) is 38.5 Å². The normalized spacial score (nSPS) is 19.4. The molecular formula is C13H12BrN3OS. The number of benzene rings is 1. The minimum absolute atomic E-state index is 0.0772. The number of carbonyl (C=O) groups excluding carboxylic acids is 1. The summed E-state index contributed by atoms with van der Waals surface area (Å²) < 4.78 is 0.956. The van der Waals surface area contributed by atoms with Gasteiger partial charge in [0.2, 0.25) is 11.9 Å². The molecule has 19 heavy (non-hydrogen) atoms. The molecule has 1 fully saturated rings. The predicted octanol–water partition coefficient (Wildman–Crippen LogP) is 2.68. The fourth-order valence-corrected chi connectivity index (χ4v) is 2.94. The van der Waals surface area contributed by atoms with Crippen LogP contribution in [-0.4, -0.2) is 28.2 Å². The fourth-order valence-electron chi connectivity index (χ4n) is 2.24. The molecule has 1 aromatic carbocycles. The molecule has 3 rings (SSSR count). The molecule has 0 saturated carbocycles. The smallest absolute Gasteiger partial charge is 0.232 e. The van der Waals surface area contributed by atoms with Gasteiger partial charge in [-0.15, -0.1) is 0 Å². The quantitative estimate of drug-likeness (QED) is 0.857. The van der Waals surface area contributed by atoms with Gasteiger partial charge in [0, 0.05) is 29.0 Å². The molecule has 1 unspecified atom stereocenters. The Morgan fingerprint density at radius 3 is 3.05 bits per heavy atom. The minimum atomic E-state index is 0.0772. The number of rotatable bonds is 2. The summed E-state index contributed by atoms with van der Waals surface area (Å²) in [5.41, 5.74) is 0.835. The fraction of sp³-hybridized carbons (Fsp3) is 0.308. The Bertz CT molecular complexity index is 649. The zero-order chi connectivity index (χ0) is 13.4. The molecule has 1 atom stereocenters. The second-order valence-electron chi connectivity index (χ2n) is 4.60. The van der Waals surface area contributed by atoms with Crippen molar-refractivity contribution in [2.75, 3.05) is 17.2 Å². The molecule has 1 aliphatic heterocycles. The molecule has 6 heteroatoms. The summed E-state index contributed by atoms with van der Waals surface area (Å²) in [6.07, 6.45) is 2.28. The Balaban J connectivity index is 2.00. The van der Waals surface area contributed by atoms with Crippen molar-refractivity contribution in [1.82, 2.24) is 9.97 Å². The standard InChI is InChI=1S/C13H12BrN3OS/c14-10-2-1-3-11-9(10)5-15-13(16-11)17-6-8(7-19)4-12(17)18/h1-3,5,8,19H,4,6-7H2. The number of hydrogen-bond donors (Lipinski definition) is 1. The van der Waals surface area contributed by atoms with E-state index in [0.717, 1.165) is 15.4 Å². The maximum Gasteiger partial charge on any atom is 0.232 e. The second kappa shape index (κ2) is 5.09. The van der Waals surface area contributed by atoms with Crippen molar-refractivity contribution in [1.29, 1.82) is 0 Å². The summed E-state index contributed by atoms with van der Waals surface area (Å²) >= 11 is 7.72. The van der Waals surface area contributed by atoms with Crippen LogP contribution in [0, 0.1) is 5.92 Å². The van der Waals surface area contributed by atoms with Gasteiger partial charge in [0.25, 0.3) is 0 Å². The molecule has 1 aliphatic rings. The number of anilines is 1. The molecule has 4 nitrogen and oxygen atoms in total. The van der Waals surface area contributed by atoms with E-state index < -0.39 is 0 Å². The van der Waals surface area contributed by atoms with Crippen LogP contribution in [0.1, 0.15) is 6.42 Å². The van der Waals surface area contributed by atoms with Crippen LogP contribution in [-0.2, 0) is 4.79 Å². The largest absolute Gasteiger partial charge is 0.280 e. The Hall–Kier alpha value is -1.14. The zero-order valence-electron chi connectivity index (χ0n) is 10.1. The molecule has 1 aromatic heterocycles. The van der Waals surface area contributed by atoms with Crippen molar-refractivity contribution in [2.45, 2.75) is 6.42 Å². The monoisotopic (exact) mass is 337 g/mol. The molecule has 1 amide bonds. The van der Waals surface area contributed by atoms with Crippen LogP contribution in [0.15, 0.2) is 28.9 Å². The third-order valence-electron chi connectivity index (χ3n) is 3.26. The topological polar surface area (TPSA) is 46.1 Å². The Kier molecular flexibility index (Phi) is 3.45. The first-order valence-corrected chi connectivity index (χ1v) is 7.44. The number of aromatic nitrogens is 2. The lowest BCUT2D eigenvalue weighted by Gasteiger charge is -2.14. The molecule has 2 aromatic rings. The van der Waals surface area contributed by atoms with Gasteiger partial charge < -0.3 is 0 Å². The van der Waals surface area contributed by atoms with Crippen LogP contribution in [0.4, 0.5) is 5.95 Å². The molecule has 0 aliphatic carbocycles. The van der Waals surface area contributed by atoms with E-state index in [4.69, 9.17) is 0 Å². The highest BCUT2D eigenvalue weighted by Crippen LogP contribution is 2.26. The van der Waals surface area contributed by atoms with E-state index in [-0.39, 0.29) is 11.8 Å². The highest BCUT2D eigenvalue weighted by molar-refractivity contribution is 9.10. The van der Waals surface area contributed by atoms with E-state index in [9.17, 15) is 4.79 Å². The van der Waals surface area contributed by atoms with Gasteiger partial charge in [-0.3, -0.25) is 9.69 Å². The first-order valence-electron chi connectivity index (χ1n) is 6.01. The van der Waals surface area contributed by atoms with Crippen molar-refractivity contribution in [2.24, 2.45) is 5.92 Å². The average molecular weight is 338 g/mol. The van der Waals surface area contributed by atoms with Gasteiger partial charge in [0.1, 0.15) is 0 Å².